The van der Waals surface area contributed by atoms with E-state index >= 15 is 0 Å². The first-order valence-corrected chi connectivity index (χ1v) is 10.4. The van der Waals surface area contributed by atoms with Crippen molar-refractivity contribution in [3.8, 4) is 5.75 Å². The summed E-state index contributed by atoms with van der Waals surface area (Å²) in [7, 11) is 0. The number of carboxylic acid groups (broad SMARTS) is 1. The van der Waals surface area contributed by atoms with Crippen LogP contribution >= 0.6 is 0 Å². The topological polar surface area (TPSA) is 150 Å². The van der Waals surface area contributed by atoms with E-state index in [4.69, 9.17) is 19.8 Å². The number of alkyl halides is 3. The van der Waals surface area contributed by atoms with E-state index in [1.54, 1.807) is 17.6 Å². The zero-order valence-corrected chi connectivity index (χ0v) is 18.5. The standard InChI is InChI=1S/C20H24N4O4.C2HF3O2/c25-18(24-27)12-20(8-10-21-11-9-20)23-19(26)17-7-6-16(13-22-17)28-14-15-4-2-1-3-5-15;3-2(4,5)1(6)7/h1-7,13,21,27H,8-12,14H2,(H,23,26)(H,24,25);(H,6,7). The Bertz CT molecular complexity index is 981. The van der Waals surface area contributed by atoms with E-state index < -0.39 is 23.6 Å². The second kappa shape index (κ2) is 12.7. The number of nitrogens with zero attached hydrogens (tertiary/aromatic N) is 1. The maximum absolute atomic E-state index is 12.6. The van der Waals surface area contributed by atoms with Crippen molar-refractivity contribution in [3.05, 3.63) is 59.9 Å². The van der Waals surface area contributed by atoms with Crippen LogP contribution in [0.3, 0.4) is 0 Å². The minimum absolute atomic E-state index is 0.00912. The van der Waals surface area contributed by atoms with Gasteiger partial charge in [-0.05, 0) is 43.6 Å². The highest BCUT2D eigenvalue weighted by Gasteiger charge is 2.38. The Hall–Kier alpha value is -3.71. The van der Waals surface area contributed by atoms with Crippen molar-refractivity contribution in [2.45, 2.75) is 37.6 Å². The van der Waals surface area contributed by atoms with Gasteiger partial charge in [-0.2, -0.15) is 13.2 Å². The maximum atomic E-state index is 12.6. The fraction of sp³-hybridized carbons (Fsp3) is 0.364. The van der Waals surface area contributed by atoms with Crippen LogP contribution in [0.25, 0.3) is 0 Å². The number of hydroxylamine groups is 1. The van der Waals surface area contributed by atoms with Gasteiger partial charge in [-0.25, -0.2) is 15.3 Å². The van der Waals surface area contributed by atoms with Crippen LogP contribution in [0.4, 0.5) is 13.2 Å². The van der Waals surface area contributed by atoms with Crippen LogP contribution in [0.5, 0.6) is 5.75 Å². The number of halogens is 3. The highest BCUT2D eigenvalue weighted by atomic mass is 19.4. The first-order chi connectivity index (χ1) is 16.5. The molecule has 2 amide bonds. The van der Waals surface area contributed by atoms with Crippen LogP contribution in [-0.2, 0) is 16.2 Å². The molecule has 1 fully saturated rings. The summed E-state index contributed by atoms with van der Waals surface area (Å²) in [4.78, 5) is 37.4. The number of aliphatic carboxylic acids is 1. The fourth-order valence-corrected chi connectivity index (χ4v) is 3.24. The van der Waals surface area contributed by atoms with Crippen LogP contribution in [0.15, 0.2) is 48.7 Å². The number of rotatable bonds is 7. The van der Waals surface area contributed by atoms with E-state index in [-0.39, 0.29) is 18.0 Å². The normalized spacial score (nSPS) is 14.6. The van der Waals surface area contributed by atoms with Crippen molar-refractivity contribution in [3.63, 3.8) is 0 Å². The van der Waals surface area contributed by atoms with Crippen molar-refractivity contribution in [2.24, 2.45) is 0 Å². The largest absolute Gasteiger partial charge is 0.490 e. The molecule has 1 aliphatic heterocycles. The third-order valence-electron chi connectivity index (χ3n) is 5.02. The molecule has 5 N–H and O–H groups in total. The number of carboxylic acids is 1. The lowest BCUT2D eigenvalue weighted by Gasteiger charge is -2.37. The number of pyridine rings is 1. The Morgan fingerprint density at radius 1 is 1.09 bits per heavy atom. The molecule has 1 aromatic heterocycles. The molecular formula is C22H25F3N4O6. The zero-order chi connectivity index (χ0) is 25.9. The number of piperidine rings is 1. The number of benzene rings is 1. The summed E-state index contributed by atoms with van der Waals surface area (Å²) >= 11 is 0. The molecule has 0 spiro atoms. The molecule has 35 heavy (non-hydrogen) atoms. The number of carbonyl (C=O) groups is 3. The van der Waals surface area contributed by atoms with Crippen LogP contribution in [0, 0.1) is 0 Å². The highest BCUT2D eigenvalue weighted by molar-refractivity contribution is 5.93. The molecule has 0 radical (unpaired) electrons. The van der Waals surface area contributed by atoms with Gasteiger partial charge in [-0.1, -0.05) is 30.3 Å². The molecule has 190 valence electrons. The van der Waals surface area contributed by atoms with E-state index in [9.17, 15) is 22.8 Å². The summed E-state index contributed by atoms with van der Waals surface area (Å²) in [5.41, 5.74) is 2.22. The summed E-state index contributed by atoms with van der Waals surface area (Å²) in [5, 5.41) is 22.1. The van der Waals surface area contributed by atoms with E-state index in [1.807, 2.05) is 30.3 Å². The van der Waals surface area contributed by atoms with Crippen molar-refractivity contribution in [1.82, 2.24) is 21.1 Å². The highest BCUT2D eigenvalue weighted by Crippen LogP contribution is 2.23. The predicted molar refractivity (Wildman–Crippen MR) is 116 cm³/mol. The van der Waals surface area contributed by atoms with Gasteiger partial charge >= 0.3 is 12.1 Å². The molecule has 10 nitrogen and oxygen atoms in total. The summed E-state index contributed by atoms with van der Waals surface area (Å²) < 4.78 is 37.4. The summed E-state index contributed by atoms with van der Waals surface area (Å²) in [5.74, 6) is -3.08. The summed E-state index contributed by atoms with van der Waals surface area (Å²) in [6.45, 7) is 1.78. The minimum Gasteiger partial charge on any atom is -0.487 e. The molecule has 0 bridgehead atoms. The van der Waals surface area contributed by atoms with E-state index in [1.165, 1.54) is 6.20 Å². The molecular weight excluding hydrogens is 473 g/mol. The average Bonchev–Trinajstić information content (AvgIpc) is 2.84. The number of hydrogen-bond donors (Lipinski definition) is 5. The molecule has 1 aliphatic rings. The summed E-state index contributed by atoms with van der Waals surface area (Å²) in [6, 6.07) is 13.1. The van der Waals surface area contributed by atoms with Gasteiger partial charge in [0.05, 0.1) is 18.2 Å². The summed E-state index contributed by atoms with van der Waals surface area (Å²) in [6.07, 6.45) is -2.39. The molecule has 0 aliphatic carbocycles. The van der Waals surface area contributed by atoms with E-state index in [2.05, 4.69) is 15.6 Å². The van der Waals surface area contributed by atoms with Crippen molar-refractivity contribution < 1.29 is 42.6 Å². The second-order valence-electron chi connectivity index (χ2n) is 7.65. The van der Waals surface area contributed by atoms with Crippen LogP contribution in [-0.4, -0.2) is 57.9 Å². The molecule has 0 saturated carbocycles. The number of carbonyl (C=O) groups excluding carboxylic acids is 2. The molecule has 3 rings (SSSR count). The molecule has 13 heteroatoms. The lowest BCUT2D eigenvalue weighted by molar-refractivity contribution is -0.192. The van der Waals surface area contributed by atoms with E-state index in [0.29, 0.717) is 38.3 Å². The minimum atomic E-state index is -5.08. The first-order valence-electron chi connectivity index (χ1n) is 10.4. The molecule has 1 saturated heterocycles. The van der Waals surface area contributed by atoms with Crippen LogP contribution in [0.1, 0.15) is 35.3 Å². The fourth-order valence-electron chi connectivity index (χ4n) is 3.24. The van der Waals surface area contributed by atoms with Gasteiger partial charge in [0, 0.05) is 0 Å². The number of hydrogen-bond acceptors (Lipinski definition) is 7. The number of nitrogens with one attached hydrogen (secondary N) is 3. The average molecular weight is 498 g/mol. The Morgan fingerprint density at radius 3 is 2.23 bits per heavy atom. The third kappa shape index (κ3) is 9.22. The van der Waals surface area contributed by atoms with Gasteiger partial charge in [-0.3, -0.25) is 14.8 Å². The Morgan fingerprint density at radius 2 is 1.71 bits per heavy atom. The van der Waals surface area contributed by atoms with Gasteiger partial charge in [-0.15, -0.1) is 0 Å². The number of ether oxygens (including phenoxy) is 1. The molecule has 0 unspecified atom stereocenters. The second-order valence-corrected chi connectivity index (χ2v) is 7.65. The van der Waals surface area contributed by atoms with Gasteiger partial charge in [0.25, 0.3) is 5.91 Å². The van der Waals surface area contributed by atoms with Gasteiger partial charge < -0.3 is 20.5 Å². The zero-order valence-electron chi connectivity index (χ0n) is 18.5. The van der Waals surface area contributed by atoms with Crippen molar-refractivity contribution in [2.75, 3.05) is 13.1 Å². The van der Waals surface area contributed by atoms with Crippen LogP contribution in [0.2, 0.25) is 0 Å². The lowest BCUT2D eigenvalue weighted by Crippen LogP contribution is -2.56. The van der Waals surface area contributed by atoms with Gasteiger partial charge in [0.1, 0.15) is 18.1 Å². The molecule has 0 atom stereocenters. The van der Waals surface area contributed by atoms with Gasteiger partial charge in [0.15, 0.2) is 0 Å². The van der Waals surface area contributed by atoms with Crippen LogP contribution < -0.4 is 20.9 Å². The van der Waals surface area contributed by atoms with Crippen molar-refractivity contribution >= 4 is 17.8 Å². The quantitative estimate of drug-likeness (QED) is 0.288. The third-order valence-corrected chi connectivity index (χ3v) is 5.02. The smallest absolute Gasteiger partial charge is 0.487 e. The SMILES string of the molecule is O=C(CC1(NC(=O)c2ccc(OCc3ccccc3)cn2)CCNCC1)NO.O=C(O)C(F)(F)F. The maximum Gasteiger partial charge on any atom is 0.490 e. The Balaban J connectivity index is 0.000000540. The van der Waals surface area contributed by atoms with Gasteiger partial charge in [0.2, 0.25) is 5.91 Å². The molecule has 1 aromatic carbocycles. The van der Waals surface area contributed by atoms with Crippen molar-refractivity contribution in [1.29, 1.82) is 0 Å². The molecule has 2 heterocycles. The molecule has 2 aromatic rings. The Kier molecular flexibility index (Phi) is 9.97. The number of aromatic nitrogens is 1. The Labute approximate surface area is 198 Å². The first kappa shape index (κ1) is 27.5. The monoisotopic (exact) mass is 498 g/mol. The van der Waals surface area contributed by atoms with E-state index in [0.717, 1.165) is 5.56 Å². The predicted octanol–water partition coefficient (Wildman–Crippen LogP) is 2.04. The number of amides is 2. The lowest BCUT2D eigenvalue weighted by atomic mass is 9.84.